The van der Waals surface area contributed by atoms with Crippen LogP contribution in [-0.4, -0.2) is 42.3 Å². The average molecular weight is 454 g/mol. The van der Waals surface area contributed by atoms with Crippen molar-refractivity contribution in [2.24, 2.45) is 5.73 Å². The number of nitrogens with two attached hydrogens (primary N) is 1. The number of nitrogens with one attached hydrogen (secondary N) is 1. The average Bonchev–Trinajstić information content (AvgIpc) is 2.75. The van der Waals surface area contributed by atoms with Crippen LogP contribution >= 0.6 is 0 Å². The third-order valence-corrected chi connectivity index (χ3v) is 5.88. The second kappa shape index (κ2) is 22.6. The fourth-order valence-electron chi connectivity index (χ4n) is 3.88. The number of unbranched alkanes of at least 4 members (excludes halogenated alkanes) is 15. The lowest BCUT2D eigenvalue weighted by molar-refractivity contribution is -0.138. The molecule has 0 aliphatic rings. The molecule has 6 nitrogen and oxygen atoms in total. The van der Waals surface area contributed by atoms with Crippen LogP contribution in [0.1, 0.15) is 129 Å². The second-order valence-corrected chi connectivity index (χ2v) is 9.12. The van der Waals surface area contributed by atoms with Crippen LogP contribution in [0.3, 0.4) is 0 Å². The lowest BCUT2D eigenvalue weighted by atomic mass is 10.0. The van der Waals surface area contributed by atoms with Crippen LogP contribution in [-0.2, 0) is 14.4 Å². The summed E-state index contributed by atoms with van der Waals surface area (Å²) in [5.41, 5.74) is 5.23. The Balaban J connectivity index is 3.67. The molecule has 0 saturated heterocycles. The van der Waals surface area contributed by atoms with Crippen LogP contribution < -0.4 is 11.1 Å². The van der Waals surface area contributed by atoms with Crippen LogP contribution in [0.15, 0.2) is 0 Å². The van der Waals surface area contributed by atoms with E-state index >= 15 is 0 Å². The molecule has 0 atom stereocenters. The van der Waals surface area contributed by atoms with E-state index in [1.807, 2.05) is 0 Å². The van der Waals surface area contributed by atoms with Gasteiger partial charge in [0.2, 0.25) is 17.7 Å². The molecule has 0 bridgehead atoms. The molecule has 3 N–H and O–H groups in total. The van der Waals surface area contributed by atoms with Crippen LogP contribution in [0.2, 0.25) is 0 Å². The summed E-state index contributed by atoms with van der Waals surface area (Å²) in [5, 5.41) is 2.87. The number of nitrogens with zero attached hydrogens (tertiary/aromatic N) is 1. The van der Waals surface area contributed by atoms with Crippen LogP contribution in [0.5, 0.6) is 0 Å². The number of carbonyl (C=O) groups excluding carboxylic acids is 3. The summed E-state index contributed by atoms with van der Waals surface area (Å²) in [5.74, 6) is -0.984. The van der Waals surface area contributed by atoms with Gasteiger partial charge in [0.1, 0.15) is 6.54 Å². The van der Waals surface area contributed by atoms with E-state index in [2.05, 4.69) is 19.2 Å². The van der Waals surface area contributed by atoms with Crippen LogP contribution in [0.25, 0.3) is 0 Å². The summed E-state index contributed by atoms with van der Waals surface area (Å²) in [7, 11) is 0. The Morgan fingerprint density at radius 2 is 1.06 bits per heavy atom. The molecule has 3 amide bonds. The molecule has 0 rings (SSSR count). The molecule has 0 aromatic carbocycles. The van der Waals surface area contributed by atoms with Crippen molar-refractivity contribution in [3.05, 3.63) is 0 Å². The van der Waals surface area contributed by atoms with E-state index in [9.17, 15) is 14.4 Å². The Labute approximate surface area is 197 Å². The molecule has 0 aromatic rings. The van der Waals surface area contributed by atoms with Gasteiger partial charge >= 0.3 is 0 Å². The lowest BCUT2D eigenvalue weighted by Crippen LogP contribution is -2.44. The Hall–Kier alpha value is -1.59. The van der Waals surface area contributed by atoms with E-state index in [1.54, 1.807) is 0 Å². The zero-order valence-corrected chi connectivity index (χ0v) is 21.1. The van der Waals surface area contributed by atoms with Gasteiger partial charge in [-0.15, -0.1) is 0 Å². The van der Waals surface area contributed by atoms with Gasteiger partial charge in [-0.05, 0) is 12.8 Å². The van der Waals surface area contributed by atoms with E-state index in [0.29, 0.717) is 13.0 Å². The highest BCUT2D eigenvalue weighted by Gasteiger charge is 2.18. The zero-order chi connectivity index (χ0) is 23.9. The number of rotatable bonds is 23. The SMILES string of the molecule is CCCCCCCCCCCCCCCCNC(=O)CN(CC(N)=O)C(=O)CCCCC. The van der Waals surface area contributed by atoms with E-state index in [0.717, 1.165) is 32.1 Å². The second-order valence-electron chi connectivity index (χ2n) is 9.12. The standard InChI is InChI=1S/C26H51N3O3/c1-3-5-7-8-9-10-11-12-13-14-15-16-17-19-21-28-25(31)23-29(22-24(27)30)26(32)20-18-6-4-2/h3-23H2,1-2H3,(H2,27,30)(H,28,31). The number of primary amides is 1. The minimum absolute atomic E-state index is 0.0908. The molecule has 0 spiro atoms. The molecule has 0 saturated carbocycles. The summed E-state index contributed by atoms with van der Waals surface area (Å²) in [4.78, 5) is 36.9. The Bertz CT molecular complexity index is 483. The quantitative estimate of drug-likeness (QED) is 0.201. The highest BCUT2D eigenvalue weighted by molar-refractivity contribution is 5.88. The normalized spacial score (nSPS) is 10.8. The fraction of sp³-hybridized carbons (Fsp3) is 0.885. The smallest absolute Gasteiger partial charge is 0.239 e. The molecule has 0 aromatic heterocycles. The summed E-state index contributed by atoms with van der Waals surface area (Å²) in [6, 6.07) is 0. The Morgan fingerprint density at radius 1 is 0.625 bits per heavy atom. The van der Waals surface area contributed by atoms with E-state index in [4.69, 9.17) is 5.73 Å². The van der Waals surface area contributed by atoms with Gasteiger partial charge in [-0.25, -0.2) is 0 Å². The molecule has 0 unspecified atom stereocenters. The molecule has 0 aliphatic heterocycles. The monoisotopic (exact) mass is 453 g/mol. The number of carbonyl (C=O) groups is 3. The zero-order valence-electron chi connectivity index (χ0n) is 21.1. The first-order valence-corrected chi connectivity index (χ1v) is 13.3. The van der Waals surface area contributed by atoms with Crippen molar-refractivity contribution in [1.82, 2.24) is 10.2 Å². The molecular weight excluding hydrogens is 402 g/mol. The number of amides is 3. The summed E-state index contributed by atoms with van der Waals surface area (Å²) >= 11 is 0. The lowest BCUT2D eigenvalue weighted by Gasteiger charge is -2.20. The summed E-state index contributed by atoms with van der Waals surface area (Å²) in [6.45, 7) is 4.66. The van der Waals surface area contributed by atoms with Crippen molar-refractivity contribution in [3.8, 4) is 0 Å². The van der Waals surface area contributed by atoms with E-state index < -0.39 is 5.91 Å². The molecule has 0 heterocycles. The maximum Gasteiger partial charge on any atom is 0.239 e. The topological polar surface area (TPSA) is 92.5 Å². The van der Waals surface area contributed by atoms with Gasteiger partial charge < -0.3 is 16.0 Å². The summed E-state index contributed by atoms with van der Waals surface area (Å²) in [6.07, 6.45) is 21.3. The van der Waals surface area contributed by atoms with Gasteiger partial charge in [0.05, 0.1) is 6.54 Å². The van der Waals surface area contributed by atoms with Gasteiger partial charge in [-0.3, -0.25) is 14.4 Å². The third-order valence-electron chi connectivity index (χ3n) is 5.88. The Kier molecular flexibility index (Phi) is 21.5. The first kappa shape index (κ1) is 30.4. The molecule has 32 heavy (non-hydrogen) atoms. The minimum Gasteiger partial charge on any atom is -0.368 e. The Morgan fingerprint density at radius 3 is 1.53 bits per heavy atom. The van der Waals surface area contributed by atoms with Gasteiger partial charge in [0.15, 0.2) is 0 Å². The fourth-order valence-corrected chi connectivity index (χ4v) is 3.88. The van der Waals surface area contributed by atoms with Crippen molar-refractivity contribution < 1.29 is 14.4 Å². The van der Waals surface area contributed by atoms with Crippen molar-refractivity contribution in [3.63, 3.8) is 0 Å². The van der Waals surface area contributed by atoms with E-state index in [1.165, 1.54) is 81.9 Å². The molecule has 6 heteroatoms. The molecule has 0 radical (unpaired) electrons. The van der Waals surface area contributed by atoms with Crippen LogP contribution in [0, 0.1) is 0 Å². The minimum atomic E-state index is -0.589. The highest BCUT2D eigenvalue weighted by Crippen LogP contribution is 2.12. The van der Waals surface area contributed by atoms with Gasteiger partial charge in [-0.1, -0.05) is 110 Å². The van der Waals surface area contributed by atoms with Gasteiger partial charge in [0, 0.05) is 13.0 Å². The largest absolute Gasteiger partial charge is 0.368 e. The third kappa shape index (κ3) is 20.3. The van der Waals surface area contributed by atoms with Crippen molar-refractivity contribution in [2.45, 2.75) is 129 Å². The summed E-state index contributed by atoms with van der Waals surface area (Å²) < 4.78 is 0. The number of hydrogen-bond donors (Lipinski definition) is 2. The molecule has 0 aliphatic carbocycles. The molecule has 0 fully saturated rings. The van der Waals surface area contributed by atoms with Crippen molar-refractivity contribution in [1.29, 1.82) is 0 Å². The first-order valence-electron chi connectivity index (χ1n) is 13.3. The molecular formula is C26H51N3O3. The van der Waals surface area contributed by atoms with Crippen LogP contribution in [0.4, 0.5) is 0 Å². The maximum atomic E-state index is 12.2. The van der Waals surface area contributed by atoms with Crippen molar-refractivity contribution in [2.75, 3.05) is 19.6 Å². The van der Waals surface area contributed by atoms with Gasteiger partial charge in [-0.2, -0.15) is 0 Å². The maximum absolute atomic E-state index is 12.2. The first-order chi connectivity index (χ1) is 15.5. The van der Waals surface area contributed by atoms with E-state index in [-0.39, 0.29) is 24.9 Å². The number of hydrogen-bond acceptors (Lipinski definition) is 3. The van der Waals surface area contributed by atoms with Gasteiger partial charge in [0.25, 0.3) is 0 Å². The molecule has 188 valence electrons. The highest BCUT2D eigenvalue weighted by atomic mass is 16.2. The predicted octanol–water partition coefficient (Wildman–Crippen LogP) is 5.48. The van der Waals surface area contributed by atoms with Crippen molar-refractivity contribution >= 4 is 17.7 Å². The predicted molar refractivity (Wildman–Crippen MR) is 133 cm³/mol.